The predicted molar refractivity (Wildman–Crippen MR) is 163 cm³/mol. The molecule has 1 aliphatic rings. The van der Waals surface area contributed by atoms with Crippen molar-refractivity contribution < 1.29 is 4.79 Å². The first-order chi connectivity index (χ1) is 19.5. The summed E-state index contributed by atoms with van der Waals surface area (Å²) in [4.78, 5) is 20.7. The second kappa shape index (κ2) is 11.2. The molecular weight excluding hydrogens is 564 g/mol. The third-order valence-electron chi connectivity index (χ3n) is 7.76. The Balaban J connectivity index is 1.41. The zero-order valence-corrected chi connectivity index (χ0v) is 23.9. The van der Waals surface area contributed by atoms with Crippen molar-refractivity contribution in [3.63, 3.8) is 0 Å². The predicted octanol–water partition coefficient (Wildman–Crippen LogP) is 6.69. The molecule has 2 aromatic heterocycles. The summed E-state index contributed by atoms with van der Waals surface area (Å²) in [6.07, 6.45) is 3.53. The van der Waals surface area contributed by atoms with Crippen LogP contribution in [0, 0.1) is 6.92 Å². The van der Waals surface area contributed by atoms with Crippen molar-refractivity contribution in [2.24, 2.45) is 5.73 Å². The molecule has 6 rings (SSSR count). The highest BCUT2D eigenvalue weighted by atomic mass is 79.9. The number of halogens is 1. The van der Waals surface area contributed by atoms with E-state index in [1.807, 2.05) is 66.4 Å². The van der Waals surface area contributed by atoms with Crippen LogP contribution in [0.25, 0.3) is 16.9 Å². The summed E-state index contributed by atoms with van der Waals surface area (Å²) in [7, 11) is 0. The minimum atomic E-state index is -0.0486. The standard InChI is InChI=1S/C32H31BrN6O/c1-21-9-5-8-14-27(21)36-30-26(32(40)38-17-15-23(16-18-38)22-10-3-2-4-11-22)20-35-31-28(33)29(37-39(30)31)25-13-7-6-12-24(25)19-34/h2-14,20,23,36H,15-19,34H2,1H3. The number of aromatic nitrogens is 3. The van der Waals surface area contributed by atoms with Crippen LogP contribution in [0.1, 0.15) is 45.8 Å². The average molecular weight is 596 g/mol. The molecule has 0 bridgehead atoms. The van der Waals surface area contributed by atoms with E-state index in [2.05, 4.69) is 45.5 Å². The second-order valence-electron chi connectivity index (χ2n) is 10.2. The number of carbonyl (C=O) groups is 1. The van der Waals surface area contributed by atoms with Crippen LogP contribution in [0.3, 0.4) is 0 Å². The summed E-state index contributed by atoms with van der Waals surface area (Å²) in [6, 6.07) is 26.5. The molecular formula is C32H31BrN6O. The Morgan fingerprint density at radius 1 is 1.00 bits per heavy atom. The van der Waals surface area contributed by atoms with Crippen LogP contribution in [0.2, 0.25) is 0 Å². The zero-order valence-electron chi connectivity index (χ0n) is 22.3. The Kier molecular flexibility index (Phi) is 7.36. The van der Waals surface area contributed by atoms with Gasteiger partial charge in [0.2, 0.25) is 0 Å². The number of hydrogen-bond donors (Lipinski definition) is 2. The van der Waals surface area contributed by atoms with Crippen molar-refractivity contribution in [1.82, 2.24) is 19.5 Å². The lowest BCUT2D eigenvalue weighted by molar-refractivity contribution is 0.0713. The van der Waals surface area contributed by atoms with Gasteiger partial charge >= 0.3 is 0 Å². The van der Waals surface area contributed by atoms with Crippen LogP contribution in [0.15, 0.2) is 89.5 Å². The highest BCUT2D eigenvalue weighted by Gasteiger charge is 2.29. The molecule has 0 spiro atoms. The summed E-state index contributed by atoms with van der Waals surface area (Å²) >= 11 is 3.74. The van der Waals surface area contributed by atoms with Gasteiger partial charge in [0.1, 0.15) is 17.1 Å². The third kappa shape index (κ3) is 4.89. The molecule has 8 heteroatoms. The van der Waals surface area contributed by atoms with Crippen molar-refractivity contribution in [1.29, 1.82) is 0 Å². The first kappa shape index (κ1) is 26.2. The Bertz CT molecular complexity index is 1670. The lowest BCUT2D eigenvalue weighted by Crippen LogP contribution is -2.38. The number of hydrogen-bond acceptors (Lipinski definition) is 5. The fourth-order valence-electron chi connectivity index (χ4n) is 5.49. The van der Waals surface area contributed by atoms with E-state index in [9.17, 15) is 4.79 Å². The van der Waals surface area contributed by atoms with Gasteiger partial charge in [-0.25, -0.2) is 4.98 Å². The summed E-state index contributed by atoms with van der Waals surface area (Å²) in [6.45, 7) is 3.82. The topological polar surface area (TPSA) is 88.5 Å². The summed E-state index contributed by atoms with van der Waals surface area (Å²) < 4.78 is 2.49. The molecule has 40 heavy (non-hydrogen) atoms. The van der Waals surface area contributed by atoms with Crippen molar-refractivity contribution in [3.05, 3.63) is 112 Å². The third-order valence-corrected chi connectivity index (χ3v) is 8.49. The van der Waals surface area contributed by atoms with E-state index < -0.39 is 0 Å². The summed E-state index contributed by atoms with van der Waals surface area (Å²) in [5.41, 5.74) is 13.1. The van der Waals surface area contributed by atoms with Gasteiger partial charge < -0.3 is 16.0 Å². The lowest BCUT2D eigenvalue weighted by Gasteiger charge is -2.32. The number of benzene rings is 3. The molecule has 1 saturated heterocycles. The minimum Gasteiger partial charge on any atom is -0.339 e. The number of piperidine rings is 1. The van der Waals surface area contributed by atoms with Gasteiger partial charge in [-0.1, -0.05) is 72.8 Å². The molecule has 0 radical (unpaired) electrons. The maximum Gasteiger partial charge on any atom is 0.259 e. The van der Waals surface area contributed by atoms with Gasteiger partial charge in [-0.05, 0) is 64.4 Å². The minimum absolute atomic E-state index is 0.0486. The van der Waals surface area contributed by atoms with Crippen LogP contribution in [0.4, 0.5) is 11.5 Å². The average Bonchev–Trinajstić information content (AvgIpc) is 3.35. The molecule has 0 saturated carbocycles. The van der Waals surface area contributed by atoms with E-state index >= 15 is 0 Å². The first-order valence-electron chi connectivity index (χ1n) is 13.6. The van der Waals surface area contributed by atoms with Gasteiger partial charge in [0.15, 0.2) is 5.65 Å². The second-order valence-corrected chi connectivity index (χ2v) is 11.0. The highest BCUT2D eigenvalue weighted by Crippen LogP contribution is 2.36. The molecule has 1 aliphatic heterocycles. The van der Waals surface area contributed by atoms with Crippen LogP contribution in [-0.2, 0) is 6.54 Å². The van der Waals surface area contributed by atoms with E-state index in [-0.39, 0.29) is 5.91 Å². The number of fused-ring (bicyclic) bond motifs is 1. The number of amides is 1. The Hall–Kier alpha value is -4.01. The fourth-order valence-corrected chi connectivity index (χ4v) is 6.05. The van der Waals surface area contributed by atoms with Gasteiger partial charge in [0, 0.05) is 37.1 Å². The number of likely N-dealkylation sites (tertiary alicyclic amines) is 1. The van der Waals surface area contributed by atoms with E-state index in [4.69, 9.17) is 15.8 Å². The highest BCUT2D eigenvalue weighted by molar-refractivity contribution is 9.10. The molecule has 7 nitrogen and oxygen atoms in total. The van der Waals surface area contributed by atoms with Gasteiger partial charge in [0.25, 0.3) is 5.91 Å². The van der Waals surface area contributed by atoms with Crippen LogP contribution in [0.5, 0.6) is 0 Å². The molecule has 0 aliphatic carbocycles. The fraction of sp³-hybridized carbons (Fsp3) is 0.219. The SMILES string of the molecule is Cc1ccccc1Nc1c(C(=O)N2CCC(c3ccccc3)CC2)cnc2c(Br)c(-c3ccccc3CN)nn12. The Morgan fingerprint density at radius 2 is 1.70 bits per heavy atom. The molecule has 202 valence electrons. The number of carbonyl (C=O) groups excluding carboxylic acids is 1. The van der Waals surface area contributed by atoms with E-state index in [1.165, 1.54) is 5.56 Å². The molecule has 1 fully saturated rings. The molecule has 0 unspecified atom stereocenters. The lowest BCUT2D eigenvalue weighted by atomic mass is 9.89. The van der Waals surface area contributed by atoms with Crippen molar-refractivity contribution >= 4 is 39.0 Å². The molecule has 0 atom stereocenters. The van der Waals surface area contributed by atoms with E-state index in [0.717, 1.165) is 45.4 Å². The molecule has 3 heterocycles. The Labute approximate surface area is 242 Å². The molecule has 5 aromatic rings. The van der Waals surface area contributed by atoms with Gasteiger partial charge in [-0.3, -0.25) is 4.79 Å². The quantitative estimate of drug-likeness (QED) is 0.228. The van der Waals surface area contributed by atoms with Crippen LogP contribution >= 0.6 is 15.9 Å². The van der Waals surface area contributed by atoms with Crippen LogP contribution in [-0.4, -0.2) is 38.5 Å². The summed E-state index contributed by atoms with van der Waals surface area (Å²) in [5.74, 6) is 1.00. The number of nitrogens with two attached hydrogens (primary N) is 1. The largest absolute Gasteiger partial charge is 0.339 e. The number of aryl methyl sites for hydroxylation is 1. The maximum atomic E-state index is 14.0. The number of nitrogens with zero attached hydrogens (tertiary/aromatic N) is 4. The van der Waals surface area contributed by atoms with Gasteiger partial charge in [0.05, 0.1) is 4.47 Å². The van der Waals surface area contributed by atoms with Crippen molar-refractivity contribution in [3.8, 4) is 11.3 Å². The normalized spacial score (nSPS) is 14.0. The molecule has 1 amide bonds. The smallest absolute Gasteiger partial charge is 0.259 e. The molecule has 3 aromatic carbocycles. The number of rotatable bonds is 6. The van der Waals surface area contributed by atoms with E-state index in [1.54, 1.807) is 10.7 Å². The van der Waals surface area contributed by atoms with Crippen molar-refractivity contribution in [2.75, 3.05) is 18.4 Å². The number of para-hydroxylation sites is 1. The maximum absolute atomic E-state index is 14.0. The first-order valence-corrected chi connectivity index (χ1v) is 14.4. The number of anilines is 2. The van der Waals surface area contributed by atoms with Crippen LogP contribution < -0.4 is 11.1 Å². The molecule has 3 N–H and O–H groups in total. The Morgan fingerprint density at radius 3 is 2.45 bits per heavy atom. The summed E-state index contributed by atoms with van der Waals surface area (Å²) in [5, 5.41) is 8.50. The van der Waals surface area contributed by atoms with Gasteiger partial charge in [-0.15, -0.1) is 0 Å². The van der Waals surface area contributed by atoms with Gasteiger partial charge in [-0.2, -0.15) is 9.61 Å². The van der Waals surface area contributed by atoms with Crippen molar-refractivity contribution in [2.45, 2.75) is 32.2 Å². The number of nitrogens with one attached hydrogen (secondary N) is 1. The monoisotopic (exact) mass is 594 g/mol. The zero-order chi connectivity index (χ0) is 27.6. The van der Waals surface area contributed by atoms with E-state index in [0.29, 0.717) is 42.6 Å².